The second-order valence-electron chi connectivity index (χ2n) is 5.83. The van der Waals surface area contributed by atoms with E-state index in [1.54, 1.807) is 18.3 Å². The molecule has 1 aromatic heterocycles. The van der Waals surface area contributed by atoms with E-state index in [-0.39, 0.29) is 6.10 Å². The summed E-state index contributed by atoms with van der Waals surface area (Å²) < 4.78 is 5.89. The molecule has 0 unspecified atom stereocenters. The molecule has 2 saturated heterocycles. The van der Waals surface area contributed by atoms with Crippen LogP contribution >= 0.6 is 0 Å². The number of amides is 1. The van der Waals surface area contributed by atoms with Gasteiger partial charge in [-0.3, -0.25) is 4.79 Å². The number of hydrogen-bond acceptors (Lipinski definition) is 5. The Balaban J connectivity index is 1.71. The van der Waals surface area contributed by atoms with Crippen LogP contribution in [-0.2, 0) is 4.74 Å². The number of anilines is 1. The van der Waals surface area contributed by atoms with E-state index in [0.717, 1.165) is 51.2 Å². The Morgan fingerprint density at radius 3 is 2.90 bits per heavy atom. The molecule has 6 heteroatoms. The Hall–Kier alpha value is -1.66. The monoisotopic (exact) mass is 291 g/mol. The summed E-state index contributed by atoms with van der Waals surface area (Å²) >= 11 is 0. The molecule has 6 nitrogen and oxygen atoms in total. The van der Waals surface area contributed by atoms with Gasteiger partial charge in [-0.25, -0.2) is 4.98 Å². The fraction of sp³-hybridized carbons (Fsp3) is 0.600. The quantitative estimate of drug-likeness (QED) is 0.837. The summed E-state index contributed by atoms with van der Waals surface area (Å²) in [5.41, 5.74) is 5.38. The topological polar surface area (TPSA) is 88.7 Å². The van der Waals surface area contributed by atoms with Crippen molar-refractivity contribution in [2.24, 2.45) is 5.73 Å². The molecule has 21 heavy (non-hydrogen) atoms. The number of nitrogens with zero attached hydrogens (tertiary/aromatic N) is 2. The van der Waals surface area contributed by atoms with Crippen LogP contribution in [-0.4, -0.2) is 47.4 Å². The molecular formula is C15H21N3O3. The third kappa shape index (κ3) is 2.73. The van der Waals surface area contributed by atoms with E-state index < -0.39 is 11.5 Å². The van der Waals surface area contributed by atoms with Crippen LogP contribution < -0.4 is 10.6 Å². The van der Waals surface area contributed by atoms with Gasteiger partial charge in [0, 0.05) is 31.5 Å². The first-order valence-corrected chi connectivity index (χ1v) is 7.44. The lowest BCUT2D eigenvalue weighted by atomic mass is 9.82. The number of aliphatic hydroxyl groups excluding tert-OH is 1. The second-order valence-corrected chi connectivity index (χ2v) is 5.83. The molecule has 1 aromatic rings. The first kappa shape index (κ1) is 14.3. The lowest BCUT2D eigenvalue weighted by Crippen LogP contribution is -2.55. The van der Waals surface area contributed by atoms with Crippen LogP contribution in [0, 0.1) is 0 Å². The van der Waals surface area contributed by atoms with E-state index in [1.165, 1.54) is 0 Å². The van der Waals surface area contributed by atoms with Crippen LogP contribution in [0.15, 0.2) is 18.3 Å². The Labute approximate surface area is 123 Å². The Morgan fingerprint density at radius 2 is 2.24 bits per heavy atom. The van der Waals surface area contributed by atoms with Crippen molar-refractivity contribution in [2.45, 2.75) is 37.4 Å². The molecule has 0 aliphatic carbocycles. The van der Waals surface area contributed by atoms with E-state index >= 15 is 0 Å². The largest absolute Gasteiger partial charge is 0.390 e. The van der Waals surface area contributed by atoms with E-state index in [9.17, 15) is 9.90 Å². The lowest BCUT2D eigenvalue weighted by Gasteiger charge is -2.47. The molecule has 114 valence electrons. The number of carbonyl (C=O) groups is 1. The lowest BCUT2D eigenvalue weighted by molar-refractivity contribution is -0.164. The van der Waals surface area contributed by atoms with Gasteiger partial charge in [0.05, 0.1) is 11.7 Å². The maximum atomic E-state index is 11.2. The average Bonchev–Trinajstić information content (AvgIpc) is 2.51. The maximum Gasteiger partial charge on any atom is 0.248 e. The summed E-state index contributed by atoms with van der Waals surface area (Å²) in [4.78, 5) is 17.7. The molecule has 0 bridgehead atoms. The number of primary amides is 1. The van der Waals surface area contributed by atoms with Crippen molar-refractivity contribution in [3.63, 3.8) is 0 Å². The maximum absolute atomic E-state index is 11.2. The number of pyridine rings is 1. The molecule has 2 aliphatic rings. The van der Waals surface area contributed by atoms with Gasteiger partial charge in [0.25, 0.3) is 0 Å². The summed E-state index contributed by atoms with van der Waals surface area (Å²) in [6.07, 6.45) is 4.52. The highest BCUT2D eigenvalue weighted by Gasteiger charge is 2.43. The molecule has 3 rings (SSSR count). The first-order chi connectivity index (χ1) is 10.1. The van der Waals surface area contributed by atoms with Crippen molar-refractivity contribution in [3.8, 4) is 0 Å². The minimum Gasteiger partial charge on any atom is -0.390 e. The molecule has 3 N–H and O–H groups in total. The molecule has 3 heterocycles. The highest BCUT2D eigenvalue weighted by molar-refractivity contribution is 5.93. The van der Waals surface area contributed by atoms with Gasteiger partial charge in [0.1, 0.15) is 5.82 Å². The summed E-state index contributed by atoms with van der Waals surface area (Å²) in [7, 11) is 0. The van der Waals surface area contributed by atoms with Gasteiger partial charge in [-0.15, -0.1) is 0 Å². The van der Waals surface area contributed by atoms with Crippen molar-refractivity contribution in [1.29, 1.82) is 0 Å². The first-order valence-electron chi connectivity index (χ1n) is 7.44. The van der Waals surface area contributed by atoms with Gasteiger partial charge in [0.15, 0.2) is 0 Å². The predicted octanol–water partition coefficient (Wildman–Crippen LogP) is 0.691. The third-order valence-corrected chi connectivity index (χ3v) is 4.58. The summed E-state index contributed by atoms with van der Waals surface area (Å²) in [6, 6.07) is 3.34. The minimum atomic E-state index is -0.446. The predicted molar refractivity (Wildman–Crippen MR) is 78.1 cm³/mol. The number of rotatable bonds is 2. The number of aromatic nitrogens is 1. The molecule has 1 atom stereocenters. The van der Waals surface area contributed by atoms with E-state index in [4.69, 9.17) is 10.5 Å². The average molecular weight is 291 g/mol. The highest BCUT2D eigenvalue weighted by Crippen LogP contribution is 2.36. The smallest absolute Gasteiger partial charge is 0.248 e. The van der Waals surface area contributed by atoms with Crippen molar-refractivity contribution < 1.29 is 14.6 Å². The van der Waals surface area contributed by atoms with Gasteiger partial charge in [-0.05, 0) is 37.8 Å². The molecule has 1 amide bonds. The SMILES string of the molecule is NC(=O)c1ccnc(N2CCC3(CC2)OCCC[C@H]3O)c1. The van der Waals surface area contributed by atoms with Crippen molar-refractivity contribution in [1.82, 2.24) is 4.98 Å². The van der Waals surface area contributed by atoms with Gasteiger partial charge in [-0.2, -0.15) is 0 Å². The summed E-state index contributed by atoms with van der Waals surface area (Å²) in [6.45, 7) is 2.24. The fourth-order valence-corrected chi connectivity index (χ4v) is 3.25. The number of aliphatic hydroxyl groups is 1. The number of nitrogens with two attached hydrogens (primary N) is 1. The van der Waals surface area contributed by atoms with Crippen LogP contribution in [0.4, 0.5) is 5.82 Å². The van der Waals surface area contributed by atoms with E-state index in [2.05, 4.69) is 9.88 Å². The molecule has 0 radical (unpaired) electrons. The molecule has 2 fully saturated rings. The molecule has 1 spiro atoms. The molecule has 0 aromatic carbocycles. The Bertz CT molecular complexity index is 527. The number of ether oxygens (including phenoxy) is 1. The van der Waals surface area contributed by atoms with E-state index in [1.807, 2.05) is 0 Å². The van der Waals surface area contributed by atoms with Gasteiger partial charge < -0.3 is 20.5 Å². The Kier molecular flexibility index (Phi) is 3.82. The number of carbonyl (C=O) groups excluding carboxylic acids is 1. The van der Waals surface area contributed by atoms with Crippen molar-refractivity contribution in [2.75, 3.05) is 24.6 Å². The van der Waals surface area contributed by atoms with Crippen LogP contribution in [0.5, 0.6) is 0 Å². The van der Waals surface area contributed by atoms with Crippen molar-refractivity contribution >= 4 is 11.7 Å². The third-order valence-electron chi connectivity index (χ3n) is 4.58. The van der Waals surface area contributed by atoms with Gasteiger partial charge in [-0.1, -0.05) is 0 Å². The van der Waals surface area contributed by atoms with Crippen LogP contribution in [0.2, 0.25) is 0 Å². The number of hydrogen-bond donors (Lipinski definition) is 2. The zero-order valence-corrected chi connectivity index (χ0v) is 12.0. The molecule has 0 saturated carbocycles. The van der Waals surface area contributed by atoms with Gasteiger partial charge >= 0.3 is 0 Å². The van der Waals surface area contributed by atoms with Crippen LogP contribution in [0.1, 0.15) is 36.0 Å². The fourth-order valence-electron chi connectivity index (χ4n) is 3.25. The minimum absolute atomic E-state index is 0.377. The normalized spacial score (nSPS) is 25.0. The highest BCUT2D eigenvalue weighted by atomic mass is 16.5. The summed E-state index contributed by atoms with van der Waals surface area (Å²) in [5, 5.41) is 10.2. The summed E-state index contributed by atoms with van der Waals surface area (Å²) in [5.74, 6) is 0.310. The molecular weight excluding hydrogens is 270 g/mol. The Morgan fingerprint density at radius 1 is 1.48 bits per heavy atom. The van der Waals surface area contributed by atoms with Gasteiger partial charge in [0.2, 0.25) is 5.91 Å². The van der Waals surface area contributed by atoms with Crippen LogP contribution in [0.25, 0.3) is 0 Å². The number of piperidine rings is 1. The second kappa shape index (κ2) is 5.61. The van der Waals surface area contributed by atoms with Crippen LogP contribution in [0.3, 0.4) is 0 Å². The standard InChI is InChI=1S/C15H21N3O3/c16-14(20)11-3-6-17-13(10-11)18-7-4-15(5-8-18)12(19)2-1-9-21-15/h3,6,10,12,19H,1-2,4-5,7-9H2,(H2,16,20)/t12-/m1/s1. The zero-order valence-electron chi connectivity index (χ0n) is 12.0. The molecule has 2 aliphatic heterocycles. The van der Waals surface area contributed by atoms with Crippen molar-refractivity contribution in [3.05, 3.63) is 23.9 Å². The van der Waals surface area contributed by atoms with E-state index in [0.29, 0.717) is 5.56 Å². The zero-order chi connectivity index (χ0) is 14.9.